The zero-order valence-electron chi connectivity index (χ0n) is 8.70. The summed E-state index contributed by atoms with van der Waals surface area (Å²) in [6.07, 6.45) is 0.519. The van der Waals surface area contributed by atoms with E-state index in [-0.39, 0.29) is 18.6 Å². The Morgan fingerprint density at radius 3 is 2.24 bits per heavy atom. The molecule has 0 unspecified atom stereocenters. The normalized spacial score (nSPS) is 17.2. The molecule has 0 saturated heterocycles. The van der Waals surface area contributed by atoms with E-state index in [4.69, 9.17) is 0 Å². The summed E-state index contributed by atoms with van der Waals surface area (Å²) in [5.74, 6) is -1.37. The molecule has 0 radical (unpaired) electrons. The largest absolute Gasteiger partial charge is 0.534 e. The van der Waals surface area contributed by atoms with Crippen molar-refractivity contribution >= 4 is 16.1 Å². The van der Waals surface area contributed by atoms with Crippen LogP contribution in [0.5, 0.6) is 0 Å². The van der Waals surface area contributed by atoms with Gasteiger partial charge in [-0.15, -0.1) is 0 Å². The van der Waals surface area contributed by atoms with Crippen LogP contribution in [0.4, 0.5) is 13.2 Å². The van der Waals surface area contributed by atoms with Crippen LogP contribution in [0.2, 0.25) is 0 Å². The molecule has 0 atom stereocenters. The minimum atomic E-state index is -5.70. The van der Waals surface area contributed by atoms with Gasteiger partial charge in [-0.25, -0.2) is 0 Å². The lowest BCUT2D eigenvalue weighted by Crippen LogP contribution is -2.25. The maximum atomic E-state index is 12.0. The van der Waals surface area contributed by atoms with Crippen LogP contribution in [0.25, 0.3) is 0 Å². The van der Waals surface area contributed by atoms with Crippen LogP contribution in [0.15, 0.2) is 11.5 Å². The fraction of sp³-hybridized carbons (Fsp3) is 0.625. The molecule has 5 nitrogen and oxygen atoms in total. The number of esters is 1. The van der Waals surface area contributed by atoms with Crippen molar-refractivity contribution < 1.29 is 35.3 Å². The molecule has 98 valence electrons. The van der Waals surface area contributed by atoms with Gasteiger partial charge < -0.3 is 8.92 Å². The summed E-state index contributed by atoms with van der Waals surface area (Å²) >= 11 is 0. The summed E-state index contributed by atoms with van der Waals surface area (Å²) < 4.78 is 66.0. The third-order valence-corrected chi connectivity index (χ3v) is 2.87. The molecular formula is C8H9F3O5S. The van der Waals surface area contributed by atoms with Crippen LogP contribution >= 0.6 is 0 Å². The van der Waals surface area contributed by atoms with E-state index in [0.29, 0.717) is 6.42 Å². The number of hydrogen-bond donors (Lipinski definition) is 0. The Hall–Kier alpha value is -1.25. The lowest BCUT2D eigenvalue weighted by Gasteiger charge is -2.11. The molecular weight excluding hydrogens is 265 g/mol. The lowest BCUT2D eigenvalue weighted by atomic mass is 10.3. The number of carbonyl (C=O) groups is 1. The van der Waals surface area contributed by atoms with Gasteiger partial charge in [-0.1, -0.05) is 0 Å². The van der Waals surface area contributed by atoms with Crippen molar-refractivity contribution in [2.24, 2.45) is 0 Å². The predicted octanol–water partition coefficient (Wildman–Crippen LogP) is 1.81. The molecule has 0 aromatic rings. The van der Waals surface area contributed by atoms with E-state index in [2.05, 4.69) is 8.92 Å². The molecule has 0 aromatic heterocycles. The standard InChI is InChI=1S/C8H9F3O5S/c1-5(12)15-6-3-2-4-7(6)16-17(13,14)8(9,10)11/h2-4H2,1H3. The van der Waals surface area contributed by atoms with Gasteiger partial charge in [0.1, 0.15) is 5.76 Å². The molecule has 0 saturated carbocycles. The summed E-state index contributed by atoms with van der Waals surface area (Å²) in [6.45, 7) is 1.06. The molecule has 1 aliphatic rings. The Bertz CT molecular complexity index is 448. The molecule has 0 amide bonds. The smallest absolute Gasteiger partial charge is 0.428 e. The van der Waals surface area contributed by atoms with E-state index in [0.717, 1.165) is 6.92 Å². The molecule has 0 N–H and O–H groups in total. The Labute approximate surface area is 95.3 Å². The molecule has 0 aliphatic heterocycles. The average molecular weight is 274 g/mol. The van der Waals surface area contributed by atoms with Crippen molar-refractivity contribution in [3.8, 4) is 0 Å². The van der Waals surface area contributed by atoms with Gasteiger partial charge in [0.25, 0.3) is 0 Å². The highest BCUT2D eigenvalue weighted by Crippen LogP contribution is 2.33. The first-order valence-electron chi connectivity index (χ1n) is 4.54. The third kappa shape index (κ3) is 3.35. The topological polar surface area (TPSA) is 69.7 Å². The van der Waals surface area contributed by atoms with E-state index in [1.54, 1.807) is 0 Å². The van der Waals surface area contributed by atoms with Gasteiger partial charge in [-0.3, -0.25) is 4.79 Å². The molecule has 0 spiro atoms. The quantitative estimate of drug-likeness (QED) is 0.446. The van der Waals surface area contributed by atoms with Gasteiger partial charge in [0.15, 0.2) is 5.76 Å². The average Bonchev–Trinajstić information content (AvgIpc) is 2.48. The molecule has 9 heteroatoms. The fourth-order valence-corrected chi connectivity index (χ4v) is 1.77. The second kappa shape index (κ2) is 4.55. The number of rotatable bonds is 3. The molecule has 0 fully saturated rings. The molecule has 0 bridgehead atoms. The number of hydrogen-bond acceptors (Lipinski definition) is 5. The van der Waals surface area contributed by atoms with Crippen LogP contribution < -0.4 is 0 Å². The van der Waals surface area contributed by atoms with Crippen LogP contribution in [0.1, 0.15) is 26.2 Å². The Kier molecular flexibility index (Phi) is 3.70. The number of alkyl halides is 3. The Balaban J connectivity index is 2.91. The van der Waals surface area contributed by atoms with Crippen molar-refractivity contribution in [3.63, 3.8) is 0 Å². The molecule has 1 rings (SSSR count). The van der Waals surface area contributed by atoms with Crippen LogP contribution in [0.3, 0.4) is 0 Å². The van der Waals surface area contributed by atoms with Crippen LogP contribution in [0, 0.1) is 0 Å². The SMILES string of the molecule is CC(=O)OC1=C(OS(=O)(=O)C(F)(F)F)CCC1. The second-order valence-electron chi connectivity index (χ2n) is 3.28. The van der Waals surface area contributed by atoms with Gasteiger partial charge in [0.2, 0.25) is 0 Å². The highest BCUT2D eigenvalue weighted by atomic mass is 32.2. The van der Waals surface area contributed by atoms with E-state index in [9.17, 15) is 26.4 Å². The highest BCUT2D eigenvalue weighted by Gasteiger charge is 2.49. The second-order valence-corrected chi connectivity index (χ2v) is 4.81. The van der Waals surface area contributed by atoms with Gasteiger partial charge in [0.05, 0.1) is 0 Å². The number of carbonyl (C=O) groups excluding carboxylic acids is 1. The zero-order chi connectivity index (χ0) is 13.3. The molecule has 17 heavy (non-hydrogen) atoms. The van der Waals surface area contributed by atoms with Crippen molar-refractivity contribution in [1.82, 2.24) is 0 Å². The van der Waals surface area contributed by atoms with E-state index in [1.807, 2.05) is 0 Å². The van der Waals surface area contributed by atoms with Crippen molar-refractivity contribution in [1.29, 1.82) is 0 Å². The summed E-state index contributed by atoms with van der Waals surface area (Å²) in [5, 5.41) is 0. The van der Waals surface area contributed by atoms with Crippen LogP contribution in [-0.4, -0.2) is 19.9 Å². The molecule has 1 aliphatic carbocycles. The number of allylic oxidation sites excluding steroid dienone is 2. The lowest BCUT2D eigenvalue weighted by molar-refractivity contribution is -0.137. The summed E-state index contributed by atoms with van der Waals surface area (Å²) in [7, 11) is -5.70. The highest BCUT2D eigenvalue weighted by molar-refractivity contribution is 7.87. The fourth-order valence-electron chi connectivity index (χ4n) is 1.24. The van der Waals surface area contributed by atoms with Crippen LogP contribution in [-0.2, 0) is 23.8 Å². The maximum Gasteiger partial charge on any atom is 0.534 e. The Morgan fingerprint density at radius 1 is 1.24 bits per heavy atom. The van der Waals surface area contributed by atoms with Gasteiger partial charge >= 0.3 is 21.6 Å². The zero-order valence-corrected chi connectivity index (χ0v) is 9.52. The maximum absolute atomic E-state index is 12.0. The predicted molar refractivity (Wildman–Crippen MR) is 48.7 cm³/mol. The molecule has 0 heterocycles. The van der Waals surface area contributed by atoms with E-state index < -0.39 is 27.4 Å². The minimum absolute atomic E-state index is 0.0159. The summed E-state index contributed by atoms with van der Waals surface area (Å²) in [4.78, 5) is 10.6. The molecule has 0 aromatic carbocycles. The van der Waals surface area contributed by atoms with Gasteiger partial charge in [-0.2, -0.15) is 21.6 Å². The third-order valence-electron chi connectivity index (χ3n) is 1.88. The summed E-state index contributed by atoms with van der Waals surface area (Å²) in [5.41, 5.74) is -5.50. The number of halogens is 3. The van der Waals surface area contributed by atoms with Crippen molar-refractivity contribution in [2.75, 3.05) is 0 Å². The monoisotopic (exact) mass is 274 g/mol. The first kappa shape index (κ1) is 13.8. The van der Waals surface area contributed by atoms with Crippen molar-refractivity contribution in [2.45, 2.75) is 31.7 Å². The number of ether oxygens (including phenoxy) is 1. The van der Waals surface area contributed by atoms with Gasteiger partial charge in [0, 0.05) is 19.8 Å². The van der Waals surface area contributed by atoms with Crippen molar-refractivity contribution in [3.05, 3.63) is 11.5 Å². The Morgan fingerprint density at radius 2 is 1.76 bits per heavy atom. The van der Waals surface area contributed by atoms with Gasteiger partial charge in [-0.05, 0) is 6.42 Å². The summed E-state index contributed by atoms with van der Waals surface area (Å²) in [6, 6.07) is 0. The van der Waals surface area contributed by atoms with E-state index >= 15 is 0 Å². The first-order chi connectivity index (χ1) is 7.63. The minimum Gasteiger partial charge on any atom is -0.428 e. The first-order valence-corrected chi connectivity index (χ1v) is 5.95. The van der Waals surface area contributed by atoms with E-state index in [1.165, 1.54) is 0 Å².